The normalized spacial score (nSPS) is 23.5. The Morgan fingerprint density at radius 2 is 1.89 bits per heavy atom. The van der Waals surface area contributed by atoms with E-state index in [9.17, 15) is 4.79 Å². The monoisotopic (exact) mass is 362 g/mol. The van der Waals surface area contributed by atoms with Crippen molar-refractivity contribution >= 4 is 17.7 Å². The number of hydrogen-bond donors (Lipinski definition) is 0. The lowest BCUT2D eigenvalue weighted by atomic mass is 9.79. The number of rotatable bonds is 3. The van der Waals surface area contributed by atoms with Gasteiger partial charge in [-0.05, 0) is 67.3 Å². The summed E-state index contributed by atoms with van der Waals surface area (Å²) in [6.45, 7) is 0. The van der Waals surface area contributed by atoms with E-state index in [-0.39, 0.29) is 23.6 Å². The van der Waals surface area contributed by atoms with Gasteiger partial charge in [0.15, 0.2) is 5.76 Å². The van der Waals surface area contributed by atoms with Crippen LogP contribution in [0.25, 0.3) is 6.08 Å². The fourth-order valence-electron chi connectivity index (χ4n) is 3.96. The van der Waals surface area contributed by atoms with Crippen molar-refractivity contribution in [3.63, 3.8) is 0 Å². The predicted octanol–water partition coefficient (Wildman–Crippen LogP) is 4.90. The lowest BCUT2D eigenvalue weighted by Crippen LogP contribution is -2.31. The van der Waals surface area contributed by atoms with Crippen LogP contribution in [0.3, 0.4) is 0 Å². The topological polar surface area (TPSA) is 72.1 Å². The van der Waals surface area contributed by atoms with Gasteiger partial charge in [0.2, 0.25) is 0 Å². The van der Waals surface area contributed by atoms with Crippen molar-refractivity contribution in [2.24, 2.45) is 11.0 Å². The van der Waals surface area contributed by atoms with Crippen LogP contribution in [-0.4, -0.2) is 16.6 Å². The quantitative estimate of drug-likeness (QED) is 0.664. The third kappa shape index (κ3) is 2.73. The molecule has 4 heterocycles. The minimum Gasteiger partial charge on any atom is -0.467 e. The number of allylic oxidation sites excluding steroid dienone is 1. The summed E-state index contributed by atoms with van der Waals surface area (Å²) in [4.78, 5) is 13.0. The average Bonchev–Trinajstić information content (AvgIpc) is 3.48. The Kier molecular flexibility index (Phi) is 3.81. The molecule has 2 aliphatic rings. The van der Waals surface area contributed by atoms with Gasteiger partial charge in [-0.2, -0.15) is 5.10 Å². The van der Waals surface area contributed by atoms with Crippen LogP contribution < -0.4 is 0 Å². The SMILES string of the molecule is O=C(c1ccco1)N1N=C2/C(=C/c3ccco3)CCC[C@H]2[C@H]1c1ccco1. The van der Waals surface area contributed by atoms with Crippen LogP contribution in [0.15, 0.2) is 79.1 Å². The van der Waals surface area contributed by atoms with Gasteiger partial charge < -0.3 is 13.3 Å². The second-order valence-electron chi connectivity index (χ2n) is 6.76. The largest absolute Gasteiger partial charge is 0.467 e. The molecule has 136 valence electrons. The highest BCUT2D eigenvalue weighted by Crippen LogP contribution is 2.45. The number of hydrazone groups is 1. The first-order chi connectivity index (χ1) is 13.3. The minimum absolute atomic E-state index is 0.0880. The summed E-state index contributed by atoms with van der Waals surface area (Å²) in [5, 5.41) is 6.25. The molecule has 1 fully saturated rings. The molecular formula is C21H18N2O4. The summed E-state index contributed by atoms with van der Waals surface area (Å²) in [6.07, 6.45) is 9.67. The molecule has 0 aromatic carbocycles. The number of nitrogens with zero attached hydrogens (tertiary/aromatic N) is 2. The second-order valence-corrected chi connectivity index (χ2v) is 6.76. The Balaban J connectivity index is 1.57. The summed E-state index contributed by atoms with van der Waals surface area (Å²) in [7, 11) is 0. The number of furan rings is 3. The van der Waals surface area contributed by atoms with E-state index in [4.69, 9.17) is 18.4 Å². The van der Waals surface area contributed by atoms with Crippen molar-refractivity contribution in [3.05, 3.63) is 78.0 Å². The number of amides is 1. The van der Waals surface area contributed by atoms with Gasteiger partial charge in [0.05, 0.1) is 24.5 Å². The first-order valence-electron chi connectivity index (χ1n) is 9.04. The molecule has 6 nitrogen and oxygen atoms in total. The van der Waals surface area contributed by atoms with Crippen LogP contribution in [0.4, 0.5) is 0 Å². The molecule has 0 bridgehead atoms. The van der Waals surface area contributed by atoms with Crippen molar-refractivity contribution in [2.45, 2.75) is 25.3 Å². The molecule has 0 saturated heterocycles. The Bertz CT molecular complexity index is 981. The molecule has 0 radical (unpaired) electrons. The van der Waals surface area contributed by atoms with E-state index in [1.807, 2.05) is 30.3 Å². The third-order valence-corrected chi connectivity index (χ3v) is 5.14. The maximum Gasteiger partial charge on any atom is 0.310 e. The molecule has 5 rings (SSSR count). The molecule has 1 aliphatic heterocycles. The van der Waals surface area contributed by atoms with E-state index < -0.39 is 0 Å². The fourth-order valence-corrected chi connectivity index (χ4v) is 3.96. The van der Waals surface area contributed by atoms with Gasteiger partial charge in [-0.3, -0.25) is 4.79 Å². The molecule has 1 amide bonds. The van der Waals surface area contributed by atoms with Crippen LogP contribution in [0, 0.1) is 5.92 Å². The first kappa shape index (κ1) is 15.9. The van der Waals surface area contributed by atoms with Crippen LogP contribution in [-0.2, 0) is 0 Å². The van der Waals surface area contributed by atoms with E-state index >= 15 is 0 Å². The zero-order valence-corrected chi connectivity index (χ0v) is 14.6. The molecule has 0 unspecified atom stereocenters. The Morgan fingerprint density at radius 1 is 1.07 bits per heavy atom. The van der Waals surface area contributed by atoms with Crippen LogP contribution >= 0.6 is 0 Å². The minimum atomic E-state index is -0.270. The summed E-state index contributed by atoms with van der Waals surface area (Å²) < 4.78 is 16.5. The standard InChI is InChI=1S/C21H18N2O4/c24-21(18-9-4-12-27-18)23-20(17-8-3-11-26-17)16-7-1-5-14(19(16)22-23)13-15-6-2-10-25-15/h2-4,6,8-13,16,20H,1,5,7H2/b14-13+/t16-,20+/m1/s1. The van der Waals surface area contributed by atoms with Gasteiger partial charge in [-0.1, -0.05) is 0 Å². The predicted molar refractivity (Wildman–Crippen MR) is 97.8 cm³/mol. The smallest absolute Gasteiger partial charge is 0.310 e. The van der Waals surface area contributed by atoms with Crippen LogP contribution in [0.5, 0.6) is 0 Å². The summed E-state index contributed by atoms with van der Waals surface area (Å²) >= 11 is 0. The molecule has 6 heteroatoms. The third-order valence-electron chi connectivity index (χ3n) is 5.14. The van der Waals surface area contributed by atoms with Crippen molar-refractivity contribution < 1.29 is 18.0 Å². The van der Waals surface area contributed by atoms with Crippen molar-refractivity contribution in [1.82, 2.24) is 5.01 Å². The number of hydrogen-bond acceptors (Lipinski definition) is 5. The van der Waals surface area contributed by atoms with E-state index in [1.54, 1.807) is 24.7 Å². The zero-order valence-electron chi connectivity index (χ0n) is 14.6. The zero-order chi connectivity index (χ0) is 18.2. The van der Waals surface area contributed by atoms with Gasteiger partial charge in [-0.25, -0.2) is 5.01 Å². The maximum absolute atomic E-state index is 13.0. The van der Waals surface area contributed by atoms with Crippen LogP contribution in [0.2, 0.25) is 0 Å². The molecule has 1 saturated carbocycles. The van der Waals surface area contributed by atoms with Gasteiger partial charge in [0.1, 0.15) is 17.6 Å². The Labute approximate surface area is 155 Å². The number of fused-ring (bicyclic) bond motifs is 1. The molecule has 2 atom stereocenters. The van der Waals surface area contributed by atoms with Gasteiger partial charge in [-0.15, -0.1) is 0 Å². The maximum atomic E-state index is 13.0. The molecule has 3 aromatic rings. The highest BCUT2D eigenvalue weighted by molar-refractivity contribution is 6.08. The van der Waals surface area contributed by atoms with E-state index in [1.165, 1.54) is 11.3 Å². The Hall–Kier alpha value is -3.28. The summed E-state index contributed by atoms with van der Waals surface area (Å²) in [6, 6.07) is 10.6. The lowest BCUT2D eigenvalue weighted by Gasteiger charge is -2.27. The van der Waals surface area contributed by atoms with E-state index in [2.05, 4.69) is 0 Å². The van der Waals surface area contributed by atoms with E-state index in [0.717, 1.165) is 42.1 Å². The fraction of sp³-hybridized carbons (Fsp3) is 0.238. The highest BCUT2D eigenvalue weighted by atomic mass is 16.3. The van der Waals surface area contributed by atoms with E-state index in [0.29, 0.717) is 0 Å². The van der Waals surface area contributed by atoms with Crippen molar-refractivity contribution in [3.8, 4) is 0 Å². The molecule has 0 spiro atoms. The number of carbonyl (C=O) groups excluding carboxylic acids is 1. The van der Waals surface area contributed by atoms with Crippen LogP contribution in [0.1, 0.15) is 47.4 Å². The van der Waals surface area contributed by atoms with Gasteiger partial charge >= 0.3 is 5.91 Å². The van der Waals surface area contributed by atoms with Crippen molar-refractivity contribution in [1.29, 1.82) is 0 Å². The lowest BCUT2D eigenvalue weighted by molar-refractivity contribution is 0.0624. The molecule has 3 aromatic heterocycles. The Morgan fingerprint density at radius 3 is 2.63 bits per heavy atom. The van der Waals surface area contributed by atoms with Gasteiger partial charge in [0.25, 0.3) is 0 Å². The van der Waals surface area contributed by atoms with Gasteiger partial charge in [0, 0.05) is 5.92 Å². The summed E-state index contributed by atoms with van der Waals surface area (Å²) in [5.41, 5.74) is 2.03. The van der Waals surface area contributed by atoms with Crippen molar-refractivity contribution in [2.75, 3.05) is 0 Å². The summed E-state index contributed by atoms with van der Waals surface area (Å²) in [5.74, 6) is 1.62. The molecule has 1 aliphatic carbocycles. The molecule has 27 heavy (non-hydrogen) atoms. The molecule has 0 N–H and O–H groups in total. The first-order valence-corrected chi connectivity index (χ1v) is 9.04. The highest BCUT2D eigenvalue weighted by Gasteiger charge is 2.45. The second kappa shape index (κ2) is 6.46. The molecular weight excluding hydrogens is 344 g/mol. The average molecular weight is 362 g/mol. The number of carbonyl (C=O) groups is 1.